The summed E-state index contributed by atoms with van der Waals surface area (Å²) in [7, 11) is 2.61. The number of methoxy groups -OCH3 is 5. The Morgan fingerprint density at radius 3 is 1.71 bits per heavy atom. The largest absolute Gasteiger partial charge is 0.493 e. The first kappa shape index (κ1) is 51.7. The Kier molecular flexibility index (Phi) is 24.4. The second kappa shape index (κ2) is 27.3. The summed E-state index contributed by atoms with van der Waals surface area (Å²) in [4.78, 5) is 65.1. The zero-order valence-corrected chi connectivity index (χ0v) is 33.5. The number of nitrogens with zero attached hydrogens (tertiary/aromatic N) is 4. The molecule has 0 heterocycles. The van der Waals surface area contributed by atoms with Crippen molar-refractivity contribution in [1.82, 2.24) is 10.6 Å². The molecule has 0 saturated carbocycles. The molecule has 0 fully saturated rings. The van der Waals surface area contributed by atoms with E-state index in [2.05, 4.69) is 30.9 Å². The quantitative estimate of drug-likeness (QED) is 0.0135. The lowest BCUT2D eigenvalue weighted by atomic mass is 10.1. The molecular formula is C32H51N10O15P. The van der Waals surface area contributed by atoms with Crippen LogP contribution in [0.2, 0.25) is 0 Å². The molecule has 26 heteroatoms. The summed E-state index contributed by atoms with van der Waals surface area (Å²) in [6.07, 6.45) is 5.64. The van der Waals surface area contributed by atoms with Crippen molar-refractivity contribution in [2.24, 2.45) is 27.4 Å². The number of aryl methyl sites for hydroxylation is 1. The molecule has 0 aliphatic carbocycles. The van der Waals surface area contributed by atoms with Crippen LogP contribution in [0.15, 0.2) is 40.5 Å². The Bertz CT molecular complexity index is 1760. The molecule has 0 aliphatic rings. The van der Waals surface area contributed by atoms with E-state index in [4.69, 9.17) is 55.4 Å². The maximum Gasteiger partial charge on any atom is 0.466 e. The summed E-state index contributed by atoms with van der Waals surface area (Å²) < 4.78 is 34.4. The van der Waals surface area contributed by atoms with Crippen LogP contribution in [0, 0.1) is 27.2 Å². The number of nitrogens with one attached hydrogen (secondary N) is 3. The molecule has 2 aromatic rings. The Balaban J connectivity index is 0.00000128. The number of carbonyl (C=O) groups is 2. The van der Waals surface area contributed by atoms with Crippen molar-refractivity contribution in [3.8, 4) is 17.2 Å². The Morgan fingerprint density at radius 2 is 1.28 bits per heavy atom. The van der Waals surface area contributed by atoms with E-state index in [0.29, 0.717) is 56.0 Å². The van der Waals surface area contributed by atoms with E-state index in [1.165, 1.54) is 14.2 Å². The number of hydrogen-bond donors (Lipinski definition) is 9. The maximum absolute atomic E-state index is 12.4. The van der Waals surface area contributed by atoms with E-state index >= 15 is 0 Å². The fourth-order valence-electron chi connectivity index (χ4n) is 4.44. The number of anilines is 1. The van der Waals surface area contributed by atoms with Gasteiger partial charge in [0.1, 0.15) is 22.3 Å². The van der Waals surface area contributed by atoms with Crippen molar-refractivity contribution in [2.45, 2.75) is 44.7 Å². The Hall–Kier alpha value is -6.27. The highest BCUT2D eigenvalue weighted by Crippen LogP contribution is 2.38. The minimum absolute atomic E-state index is 0.281. The molecule has 0 aromatic heterocycles. The van der Waals surface area contributed by atoms with Crippen molar-refractivity contribution >= 4 is 49.5 Å². The number of guanidine groups is 2. The van der Waals surface area contributed by atoms with Gasteiger partial charge in [-0.1, -0.05) is 24.3 Å². The van der Waals surface area contributed by atoms with Crippen molar-refractivity contribution in [2.75, 3.05) is 54.0 Å². The lowest BCUT2D eigenvalue weighted by Gasteiger charge is -2.19. The summed E-state index contributed by atoms with van der Waals surface area (Å²) in [5.41, 5.74) is 19.5. The number of phosphoric acid groups is 1. The van der Waals surface area contributed by atoms with Gasteiger partial charge < -0.3 is 71.5 Å². The molecule has 25 nitrogen and oxygen atoms in total. The number of esters is 2. The van der Waals surface area contributed by atoms with E-state index < -0.39 is 41.9 Å². The molecule has 0 saturated heterocycles. The molecule has 0 aliphatic heterocycles. The number of hydrogen-bond acceptors (Lipinski definition) is 14. The third-order valence-corrected chi connectivity index (χ3v) is 7.09. The molecule has 0 radical (unpaired) electrons. The molecule has 0 bridgehead atoms. The summed E-state index contributed by atoms with van der Waals surface area (Å²) in [5, 5.41) is 32.7. The molecule has 0 spiro atoms. The highest BCUT2D eigenvalue weighted by molar-refractivity contribution is 7.45. The SMILES string of the molecule is COC(=O)C(CCCNC(N)=N[N+](=O)[O-])Nc1cc(/C=C\c2cc(OC)c(OC)c(OC)c2)ccc1C.COC(=O)C(N)CCCNC(N)=N[N+](=O)[O-].O=P(O)(O)O. The molecule has 2 rings (SSSR count). The highest BCUT2D eigenvalue weighted by Gasteiger charge is 2.20. The third kappa shape index (κ3) is 23.0. The van der Waals surface area contributed by atoms with Crippen molar-refractivity contribution < 1.29 is 62.6 Å². The van der Waals surface area contributed by atoms with Crippen LogP contribution in [-0.4, -0.2) is 109 Å². The number of ether oxygens (including phenoxy) is 5. The van der Waals surface area contributed by atoms with Crippen molar-refractivity contribution in [1.29, 1.82) is 0 Å². The van der Waals surface area contributed by atoms with Gasteiger partial charge in [-0.2, -0.15) is 0 Å². The summed E-state index contributed by atoms with van der Waals surface area (Å²) in [6, 6.07) is 8.20. The van der Waals surface area contributed by atoms with E-state index in [0.717, 1.165) is 22.4 Å². The topological polar surface area (TPSA) is 383 Å². The number of rotatable bonds is 19. The lowest BCUT2D eigenvalue weighted by molar-refractivity contribution is -0.485. The van der Waals surface area contributed by atoms with Crippen LogP contribution in [-0.2, 0) is 23.6 Å². The lowest BCUT2D eigenvalue weighted by Crippen LogP contribution is -2.35. The highest BCUT2D eigenvalue weighted by atomic mass is 31.2. The number of nitro groups is 2. The van der Waals surface area contributed by atoms with Crippen LogP contribution in [0.1, 0.15) is 42.4 Å². The first-order valence-electron chi connectivity index (χ1n) is 16.7. The van der Waals surface area contributed by atoms with Gasteiger partial charge in [0.25, 0.3) is 11.9 Å². The van der Waals surface area contributed by atoms with Gasteiger partial charge in [0.15, 0.2) is 21.6 Å². The summed E-state index contributed by atoms with van der Waals surface area (Å²) in [5.74, 6) is 0.119. The molecule has 2 aromatic carbocycles. The van der Waals surface area contributed by atoms with Crippen LogP contribution in [0.25, 0.3) is 12.2 Å². The number of benzene rings is 2. The van der Waals surface area contributed by atoms with Gasteiger partial charge in [-0.25, -0.2) is 29.6 Å². The van der Waals surface area contributed by atoms with Gasteiger partial charge >= 0.3 is 19.8 Å². The number of carbonyl (C=O) groups excluding carboxylic acids is 2. The number of nitrogens with two attached hydrogens (primary N) is 3. The predicted molar refractivity (Wildman–Crippen MR) is 212 cm³/mol. The minimum atomic E-state index is -4.64. The fourth-order valence-corrected chi connectivity index (χ4v) is 4.44. The molecule has 324 valence electrons. The first-order valence-corrected chi connectivity index (χ1v) is 18.2. The second-order valence-corrected chi connectivity index (χ2v) is 12.3. The van der Waals surface area contributed by atoms with Crippen molar-refractivity contribution in [3.63, 3.8) is 0 Å². The van der Waals surface area contributed by atoms with Gasteiger partial charge in [0.2, 0.25) is 5.75 Å². The first-order chi connectivity index (χ1) is 27.2. The molecule has 0 amide bonds. The summed E-state index contributed by atoms with van der Waals surface area (Å²) >= 11 is 0. The van der Waals surface area contributed by atoms with E-state index in [1.807, 2.05) is 49.4 Å². The van der Waals surface area contributed by atoms with Crippen LogP contribution in [0.5, 0.6) is 17.2 Å². The molecule has 12 N–H and O–H groups in total. The second-order valence-electron chi connectivity index (χ2n) is 11.3. The fraction of sp³-hybridized carbons (Fsp3) is 0.438. The van der Waals surface area contributed by atoms with Gasteiger partial charge in [0.05, 0.1) is 35.5 Å². The standard InChI is InChI=1S/C25H33N5O7.C7H15N5O4.H3O4P/c1-16-8-9-17(10-11-18-14-21(34-2)23(36-4)22(15-18)35-3)13-20(16)28-19(24(31)37-5)7-6-12-27-25(26)29-30(32)33;1-16-6(13)5(8)3-2-4-10-7(9)11-12(14)15;1-5(2,3)4/h8-11,13-15,19,28H,6-7,12H2,1-5H3,(H3,26,27,29);5H,2-4,8H2,1H3,(H3,9,10,11);(H3,1,2,3,4)/b11-10-;;. The monoisotopic (exact) mass is 846 g/mol. The van der Waals surface area contributed by atoms with E-state index in [1.54, 1.807) is 21.3 Å². The van der Waals surface area contributed by atoms with E-state index in [-0.39, 0.29) is 11.9 Å². The molecule has 58 heavy (non-hydrogen) atoms. The van der Waals surface area contributed by atoms with E-state index in [9.17, 15) is 29.8 Å². The molecule has 2 unspecified atom stereocenters. The smallest absolute Gasteiger partial charge is 0.466 e. The zero-order chi connectivity index (χ0) is 44.4. The summed E-state index contributed by atoms with van der Waals surface area (Å²) in [6.45, 7) is 2.57. The van der Waals surface area contributed by atoms with Crippen LogP contribution < -0.4 is 47.4 Å². The predicted octanol–water partition coefficient (Wildman–Crippen LogP) is 0.455. The van der Waals surface area contributed by atoms with Crippen LogP contribution in [0.3, 0.4) is 0 Å². The van der Waals surface area contributed by atoms with Crippen LogP contribution in [0.4, 0.5) is 5.69 Å². The van der Waals surface area contributed by atoms with Gasteiger partial charge in [0, 0.05) is 18.8 Å². The minimum Gasteiger partial charge on any atom is -0.493 e. The molecule has 2 atom stereocenters. The van der Waals surface area contributed by atoms with Crippen molar-refractivity contribution in [3.05, 3.63) is 67.3 Å². The van der Waals surface area contributed by atoms with Gasteiger partial charge in [-0.15, -0.1) is 0 Å². The number of hydrazone groups is 2. The normalized spacial score (nSPS) is 12.3. The average Bonchev–Trinajstić information content (AvgIpc) is 3.15. The molecular weight excluding hydrogens is 795 g/mol. The zero-order valence-electron chi connectivity index (χ0n) is 32.6. The maximum atomic E-state index is 12.4. The van der Waals surface area contributed by atoms with Gasteiger partial charge in [-0.05, 0) is 67.5 Å². The van der Waals surface area contributed by atoms with Crippen LogP contribution >= 0.6 is 7.82 Å². The Morgan fingerprint density at radius 1 is 0.810 bits per heavy atom. The average molecular weight is 847 g/mol. The van der Waals surface area contributed by atoms with Gasteiger partial charge in [-0.3, -0.25) is 4.79 Å². The Labute approximate surface area is 333 Å². The third-order valence-electron chi connectivity index (χ3n) is 7.09.